The van der Waals surface area contributed by atoms with E-state index in [4.69, 9.17) is 5.26 Å². The Labute approximate surface area is 94.0 Å². The minimum absolute atomic E-state index is 0.204. The molecule has 0 fully saturated rings. The molecule has 0 aliphatic heterocycles. The molecule has 0 unspecified atom stereocenters. The van der Waals surface area contributed by atoms with Crippen LogP contribution in [0.5, 0.6) is 0 Å². The van der Waals surface area contributed by atoms with Gasteiger partial charge in [-0.05, 0) is 31.2 Å². The number of nitrogens with zero attached hydrogens (tertiary/aromatic N) is 2. The van der Waals surface area contributed by atoms with Gasteiger partial charge in [-0.2, -0.15) is 5.26 Å². The average Bonchev–Trinajstić information content (AvgIpc) is 2.21. The number of nitriles is 1. The van der Waals surface area contributed by atoms with E-state index in [2.05, 4.69) is 0 Å². The number of anilines is 1. The monoisotopic (exact) mass is 242 g/mol. The van der Waals surface area contributed by atoms with Gasteiger partial charge in [0, 0.05) is 6.54 Å². The van der Waals surface area contributed by atoms with Crippen LogP contribution in [0.4, 0.5) is 10.1 Å². The normalized spacial score (nSPS) is 10.8. The highest BCUT2D eigenvalue weighted by Gasteiger charge is 2.20. The zero-order chi connectivity index (χ0) is 12.2. The number of benzene rings is 1. The lowest BCUT2D eigenvalue weighted by Gasteiger charge is -2.21. The molecule has 86 valence electrons. The van der Waals surface area contributed by atoms with E-state index in [1.807, 2.05) is 0 Å². The lowest BCUT2D eigenvalue weighted by atomic mass is 10.3. The lowest BCUT2D eigenvalue weighted by molar-refractivity contribution is 0.594. The molecule has 1 aromatic carbocycles. The van der Waals surface area contributed by atoms with Gasteiger partial charge in [-0.3, -0.25) is 4.31 Å². The number of hydrogen-bond donors (Lipinski definition) is 0. The van der Waals surface area contributed by atoms with Crippen molar-refractivity contribution in [3.63, 3.8) is 0 Å². The Morgan fingerprint density at radius 3 is 2.38 bits per heavy atom. The quantitative estimate of drug-likeness (QED) is 0.804. The zero-order valence-corrected chi connectivity index (χ0v) is 9.54. The van der Waals surface area contributed by atoms with Crippen molar-refractivity contribution in [3.8, 4) is 6.07 Å². The van der Waals surface area contributed by atoms with Gasteiger partial charge in [0.2, 0.25) is 10.0 Å². The largest absolute Gasteiger partial charge is 0.270 e. The maximum atomic E-state index is 12.7. The molecule has 0 aliphatic rings. The van der Waals surface area contributed by atoms with Crippen LogP contribution in [0.1, 0.15) is 6.92 Å². The van der Waals surface area contributed by atoms with Crippen molar-refractivity contribution < 1.29 is 12.8 Å². The standard InChI is InChI=1S/C10H11FN2O2S/c1-2-13(16(14,15)8-7-12)10-5-3-9(11)4-6-10/h3-6H,2,8H2,1H3. The third-order valence-corrected chi connectivity index (χ3v) is 3.62. The second-order valence-electron chi connectivity index (χ2n) is 3.06. The summed E-state index contributed by atoms with van der Waals surface area (Å²) < 4.78 is 37.1. The van der Waals surface area contributed by atoms with Crippen LogP contribution >= 0.6 is 0 Å². The summed E-state index contributed by atoms with van der Waals surface area (Å²) in [5, 5.41) is 8.42. The molecule has 0 aliphatic carbocycles. The van der Waals surface area contributed by atoms with Crippen LogP contribution in [0, 0.1) is 17.1 Å². The Hall–Kier alpha value is -1.61. The molecule has 1 rings (SSSR count). The summed E-state index contributed by atoms with van der Waals surface area (Å²) in [7, 11) is -3.64. The molecule has 0 spiro atoms. The molecule has 0 heterocycles. The number of rotatable bonds is 4. The second-order valence-corrected chi connectivity index (χ2v) is 4.95. The van der Waals surface area contributed by atoms with Crippen molar-refractivity contribution in [2.24, 2.45) is 0 Å². The fraction of sp³-hybridized carbons (Fsp3) is 0.300. The predicted molar refractivity (Wildman–Crippen MR) is 58.8 cm³/mol. The Kier molecular flexibility index (Phi) is 3.85. The maximum absolute atomic E-state index is 12.7. The predicted octanol–water partition coefficient (Wildman–Crippen LogP) is 1.51. The summed E-state index contributed by atoms with van der Waals surface area (Å²) in [6, 6.07) is 6.70. The highest BCUT2D eigenvalue weighted by Crippen LogP contribution is 2.18. The van der Waals surface area contributed by atoms with E-state index < -0.39 is 21.6 Å². The molecule has 4 nitrogen and oxygen atoms in total. The van der Waals surface area contributed by atoms with E-state index in [-0.39, 0.29) is 6.54 Å². The van der Waals surface area contributed by atoms with Gasteiger partial charge in [-0.25, -0.2) is 12.8 Å². The van der Waals surface area contributed by atoms with Crippen molar-refractivity contribution in [1.82, 2.24) is 0 Å². The third kappa shape index (κ3) is 2.70. The van der Waals surface area contributed by atoms with Crippen LogP contribution in [-0.4, -0.2) is 20.7 Å². The van der Waals surface area contributed by atoms with E-state index in [1.54, 1.807) is 13.0 Å². The number of hydrogen-bond acceptors (Lipinski definition) is 3. The number of halogens is 1. The highest BCUT2D eigenvalue weighted by atomic mass is 32.2. The summed E-state index contributed by atoms with van der Waals surface area (Å²) in [4.78, 5) is 0. The minimum atomic E-state index is -3.64. The van der Waals surface area contributed by atoms with E-state index in [0.29, 0.717) is 5.69 Å². The van der Waals surface area contributed by atoms with E-state index in [9.17, 15) is 12.8 Å². The fourth-order valence-corrected chi connectivity index (χ4v) is 2.46. The smallest absolute Gasteiger partial charge is 0.248 e. The van der Waals surface area contributed by atoms with Crippen LogP contribution < -0.4 is 4.31 Å². The SMILES string of the molecule is CCN(c1ccc(F)cc1)S(=O)(=O)CC#N. The van der Waals surface area contributed by atoms with Crippen LogP contribution in [0.3, 0.4) is 0 Å². The molecule has 0 radical (unpaired) electrons. The van der Waals surface area contributed by atoms with Crippen molar-refractivity contribution in [2.45, 2.75) is 6.92 Å². The zero-order valence-electron chi connectivity index (χ0n) is 8.72. The van der Waals surface area contributed by atoms with Crippen LogP contribution in [0.15, 0.2) is 24.3 Å². The Balaban J connectivity index is 3.09. The van der Waals surface area contributed by atoms with Crippen molar-refractivity contribution in [1.29, 1.82) is 5.26 Å². The Morgan fingerprint density at radius 2 is 1.94 bits per heavy atom. The summed E-state index contributed by atoms with van der Waals surface area (Å²) in [5.41, 5.74) is 0.360. The van der Waals surface area contributed by atoms with Gasteiger partial charge in [0.05, 0.1) is 11.8 Å². The summed E-state index contributed by atoms with van der Waals surface area (Å²) in [6.07, 6.45) is 0. The van der Waals surface area contributed by atoms with Gasteiger partial charge in [0.15, 0.2) is 5.75 Å². The van der Waals surface area contributed by atoms with E-state index in [0.717, 1.165) is 4.31 Å². The topological polar surface area (TPSA) is 61.2 Å². The highest BCUT2D eigenvalue weighted by molar-refractivity contribution is 7.93. The molecule has 0 N–H and O–H groups in total. The van der Waals surface area contributed by atoms with Gasteiger partial charge >= 0.3 is 0 Å². The first-order chi connectivity index (χ1) is 7.51. The molecule has 0 amide bonds. The first kappa shape index (κ1) is 12.5. The molecule has 16 heavy (non-hydrogen) atoms. The van der Waals surface area contributed by atoms with Gasteiger partial charge in [0.25, 0.3) is 0 Å². The second kappa shape index (κ2) is 4.94. The van der Waals surface area contributed by atoms with Crippen molar-refractivity contribution >= 4 is 15.7 Å². The molecule has 6 heteroatoms. The molecular formula is C10H11FN2O2S. The van der Waals surface area contributed by atoms with E-state index in [1.165, 1.54) is 24.3 Å². The van der Waals surface area contributed by atoms with Gasteiger partial charge in [0.1, 0.15) is 5.82 Å². The summed E-state index contributed by atoms with van der Waals surface area (Å²) in [6.45, 7) is 1.86. The van der Waals surface area contributed by atoms with Gasteiger partial charge in [-0.15, -0.1) is 0 Å². The van der Waals surface area contributed by atoms with Crippen LogP contribution in [0.25, 0.3) is 0 Å². The minimum Gasteiger partial charge on any atom is -0.270 e. The first-order valence-electron chi connectivity index (χ1n) is 4.64. The van der Waals surface area contributed by atoms with Gasteiger partial charge < -0.3 is 0 Å². The lowest BCUT2D eigenvalue weighted by Crippen LogP contribution is -2.32. The van der Waals surface area contributed by atoms with Gasteiger partial charge in [-0.1, -0.05) is 0 Å². The summed E-state index contributed by atoms with van der Waals surface area (Å²) >= 11 is 0. The first-order valence-corrected chi connectivity index (χ1v) is 6.25. The van der Waals surface area contributed by atoms with Crippen LogP contribution in [0.2, 0.25) is 0 Å². The van der Waals surface area contributed by atoms with E-state index >= 15 is 0 Å². The Morgan fingerprint density at radius 1 is 1.38 bits per heavy atom. The third-order valence-electron chi connectivity index (χ3n) is 1.98. The number of sulfonamides is 1. The van der Waals surface area contributed by atoms with Crippen LogP contribution in [-0.2, 0) is 10.0 Å². The molecule has 0 bridgehead atoms. The van der Waals surface area contributed by atoms with Crippen molar-refractivity contribution in [2.75, 3.05) is 16.6 Å². The average molecular weight is 242 g/mol. The molecular weight excluding hydrogens is 231 g/mol. The molecule has 0 atom stereocenters. The maximum Gasteiger partial charge on any atom is 0.248 e. The fourth-order valence-electron chi connectivity index (χ4n) is 1.31. The summed E-state index contributed by atoms with van der Waals surface area (Å²) in [5.74, 6) is -1.02. The molecule has 1 aromatic rings. The molecule has 0 saturated carbocycles. The Bertz CT molecular complexity index is 491. The van der Waals surface area contributed by atoms with Crippen molar-refractivity contribution in [3.05, 3.63) is 30.1 Å². The molecule has 0 aromatic heterocycles. The molecule has 0 saturated heterocycles.